The molecule has 0 saturated carbocycles. The van der Waals surface area contributed by atoms with Gasteiger partial charge in [-0.1, -0.05) is 84.9 Å². The lowest BCUT2D eigenvalue weighted by molar-refractivity contribution is 1.37. The van der Waals surface area contributed by atoms with Crippen LogP contribution in [0.5, 0.6) is 0 Å². The van der Waals surface area contributed by atoms with Crippen molar-refractivity contribution >= 4 is 21.8 Å². The molecule has 2 aromatic heterocycles. The number of hydrogen-bond acceptors (Lipinski definition) is 2. The van der Waals surface area contributed by atoms with E-state index in [1.807, 2.05) is 24.5 Å². The summed E-state index contributed by atoms with van der Waals surface area (Å²) in [7, 11) is 0. The minimum atomic E-state index is 0.947. The highest BCUT2D eigenvalue weighted by Gasteiger charge is 2.25. The molecule has 32 heavy (non-hydrogen) atoms. The van der Waals surface area contributed by atoms with Crippen LogP contribution in [-0.4, -0.2) is 9.97 Å². The summed E-state index contributed by atoms with van der Waals surface area (Å²) in [6, 6.07) is 34.6. The van der Waals surface area contributed by atoms with E-state index in [0.29, 0.717) is 0 Å². The topological polar surface area (TPSA) is 25.8 Å². The maximum atomic E-state index is 4.78. The maximum absolute atomic E-state index is 4.78. The summed E-state index contributed by atoms with van der Waals surface area (Å²) < 4.78 is 0. The molecule has 0 amide bonds. The minimum Gasteiger partial charge on any atom is -0.254 e. The Morgan fingerprint density at radius 1 is 0.344 bits per heavy atom. The van der Waals surface area contributed by atoms with Crippen LogP contribution < -0.4 is 0 Å². The lowest BCUT2D eigenvalue weighted by Crippen LogP contribution is -2.00. The average Bonchev–Trinajstić information content (AvgIpc) is 2.87. The minimum absolute atomic E-state index is 0.947. The molecule has 0 atom stereocenters. The number of rotatable bonds is 0. The highest BCUT2D eigenvalue weighted by atomic mass is 14.7. The molecule has 0 unspecified atom stereocenters. The number of fused-ring (bicyclic) bond motifs is 13. The first-order chi connectivity index (χ1) is 15.9. The Morgan fingerprint density at radius 3 is 1.09 bits per heavy atom. The molecule has 1 aliphatic rings. The highest BCUT2D eigenvalue weighted by Crippen LogP contribution is 2.51. The van der Waals surface area contributed by atoms with Gasteiger partial charge in [0, 0.05) is 34.3 Å². The number of pyridine rings is 2. The molecular weight excluding hydrogens is 388 g/mol. The Kier molecular flexibility index (Phi) is 3.58. The van der Waals surface area contributed by atoms with Crippen LogP contribution in [0.1, 0.15) is 0 Å². The zero-order valence-electron chi connectivity index (χ0n) is 17.3. The normalized spacial score (nSPS) is 11.8. The van der Waals surface area contributed by atoms with Gasteiger partial charge in [-0.05, 0) is 45.5 Å². The summed E-state index contributed by atoms with van der Waals surface area (Å²) in [6.07, 6.45) is 3.72. The van der Waals surface area contributed by atoms with E-state index in [-0.39, 0.29) is 0 Å². The van der Waals surface area contributed by atoms with E-state index in [0.717, 1.165) is 21.8 Å². The number of benzene rings is 4. The molecule has 148 valence electrons. The predicted octanol–water partition coefficient (Wildman–Crippen LogP) is 7.76. The standard InChI is InChI=1S/C30H18N2/c1-2-10-20-19(9-1)21-11-3-5-13-23(21)27-25-15-7-17-31-29(25)30-26(16-8-18-32-30)28(27)24-14-6-4-12-22(20)24/h1-18H. The van der Waals surface area contributed by atoms with Crippen LogP contribution >= 0.6 is 0 Å². The average molecular weight is 406 g/mol. The van der Waals surface area contributed by atoms with E-state index >= 15 is 0 Å². The van der Waals surface area contributed by atoms with Gasteiger partial charge in [0.25, 0.3) is 0 Å². The van der Waals surface area contributed by atoms with Crippen LogP contribution in [0.4, 0.5) is 0 Å². The molecule has 0 radical (unpaired) electrons. The van der Waals surface area contributed by atoms with Crippen molar-refractivity contribution in [3.05, 3.63) is 109 Å². The number of aromatic nitrogens is 2. The Morgan fingerprint density at radius 2 is 0.688 bits per heavy atom. The molecule has 0 saturated heterocycles. The Balaban J connectivity index is 1.83. The molecule has 0 bridgehead atoms. The third kappa shape index (κ3) is 2.29. The molecule has 0 spiro atoms. The van der Waals surface area contributed by atoms with E-state index in [1.54, 1.807) is 0 Å². The van der Waals surface area contributed by atoms with E-state index < -0.39 is 0 Å². The molecular formula is C30H18N2. The summed E-state index contributed by atoms with van der Waals surface area (Å²) in [5, 5.41) is 2.27. The predicted molar refractivity (Wildman–Crippen MR) is 132 cm³/mol. The first-order valence-corrected chi connectivity index (χ1v) is 10.9. The van der Waals surface area contributed by atoms with Crippen molar-refractivity contribution in [2.45, 2.75) is 0 Å². The lowest BCUT2D eigenvalue weighted by atomic mass is 9.78. The second kappa shape index (κ2) is 6.60. The molecule has 2 heteroatoms. The van der Waals surface area contributed by atoms with Crippen LogP contribution in [0.3, 0.4) is 0 Å². The van der Waals surface area contributed by atoms with Gasteiger partial charge in [-0.15, -0.1) is 0 Å². The van der Waals surface area contributed by atoms with Crippen LogP contribution in [0, 0.1) is 0 Å². The SMILES string of the molecule is c1ccc2c(c1)-c1ccccc1-c1c(c3cccnc3c3ncccc13)-c1ccccc1-2. The van der Waals surface area contributed by atoms with Gasteiger partial charge in [0.05, 0.1) is 11.0 Å². The zero-order chi connectivity index (χ0) is 21.1. The van der Waals surface area contributed by atoms with Crippen LogP contribution in [-0.2, 0) is 0 Å². The molecule has 7 rings (SSSR count). The smallest absolute Gasteiger partial charge is 0.0971 e. The van der Waals surface area contributed by atoms with Crippen molar-refractivity contribution in [3.8, 4) is 44.5 Å². The van der Waals surface area contributed by atoms with E-state index in [1.165, 1.54) is 44.5 Å². The first-order valence-electron chi connectivity index (χ1n) is 10.9. The van der Waals surface area contributed by atoms with Crippen molar-refractivity contribution in [2.75, 3.05) is 0 Å². The van der Waals surface area contributed by atoms with E-state index in [2.05, 4.69) is 84.9 Å². The third-order valence-electron chi connectivity index (χ3n) is 6.53. The first kappa shape index (κ1) is 17.4. The molecule has 0 fully saturated rings. The Bertz CT molecular complexity index is 1560. The van der Waals surface area contributed by atoms with Gasteiger partial charge in [0.2, 0.25) is 0 Å². The van der Waals surface area contributed by atoms with Gasteiger partial charge in [0.1, 0.15) is 0 Å². The van der Waals surface area contributed by atoms with Gasteiger partial charge in [0.15, 0.2) is 0 Å². The van der Waals surface area contributed by atoms with Gasteiger partial charge in [-0.2, -0.15) is 0 Å². The number of hydrogen-bond donors (Lipinski definition) is 0. The van der Waals surface area contributed by atoms with Crippen molar-refractivity contribution in [1.29, 1.82) is 0 Å². The highest BCUT2D eigenvalue weighted by molar-refractivity contribution is 6.22. The monoisotopic (exact) mass is 406 g/mol. The van der Waals surface area contributed by atoms with Crippen molar-refractivity contribution in [1.82, 2.24) is 9.97 Å². The van der Waals surface area contributed by atoms with Crippen molar-refractivity contribution < 1.29 is 0 Å². The van der Waals surface area contributed by atoms with Crippen LogP contribution in [0.25, 0.3) is 66.3 Å². The Hall–Kier alpha value is -4.30. The van der Waals surface area contributed by atoms with E-state index in [4.69, 9.17) is 9.97 Å². The van der Waals surface area contributed by atoms with Crippen LogP contribution in [0.15, 0.2) is 109 Å². The summed E-state index contributed by atoms with van der Waals surface area (Å²) in [6.45, 7) is 0. The fourth-order valence-electron chi connectivity index (χ4n) is 5.25. The molecule has 0 N–H and O–H groups in total. The van der Waals surface area contributed by atoms with Gasteiger partial charge < -0.3 is 0 Å². The molecule has 6 aromatic rings. The van der Waals surface area contributed by atoms with E-state index in [9.17, 15) is 0 Å². The molecule has 0 aliphatic heterocycles. The summed E-state index contributed by atoms with van der Waals surface area (Å²) in [5.74, 6) is 0. The Labute approximate surface area is 185 Å². The second-order valence-corrected chi connectivity index (χ2v) is 8.19. The second-order valence-electron chi connectivity index (χ2n) is 8.19. The van der Waals surface area contributed by atoms with Gasteiger partial charge >= 0.3 is 0 Å². The molecule has 2 heterocycles. The summed E-state index contributed by atoms with van der Waals surface area (Å²) in [4.78, 5) is 9.56. The van der Waals surface area contributed by atoms with Gasteiger partial charge in [-0.25, -0.2) is 0 Å². The van der Waals surface area contributed by atoms with Gasteiger partial charge in [-0.3, -0.25) is 9.97 Å². The summed E-state index contributed by atoms with van der Waals surface area (Å²) >= 11 is 0. The largest absolute Gasteiger partial charge is 0.254 e. The number of nitrogens with zero attached hydrogens (tertiary/aromatic N) is 2. The van der Waals surface area contributed by atoms with Crippen molar-refractivity contribution in [2.24, 2.45) is 0 Å². The zero-order valence-corrected chi connectivity index (χ0v) is 17.3. The lowest BCUT2D eigenvalue weighted by Gasteiger charge is -2.25. The maximum Gasteiger partial charge on any atom is 0.0971 e. The third-order valence-corrected chi connectivity index (χ3v) is 6.53. The molecule has 1 aliphatic carbocycles. The van der Waals surface area contributed by atoms with Crippen LogP contribution in [0.2, 0.25) is 0 Å². The molecule has 2 nitrogen and oxygen atoms in total. The fourth-order valence-corrected chi connectivity index (χ4v) is 5.25. The fraction of sp³-hybridized carbons (Fsp3) is 0. The summed E-state index contributed by atoms with van der Waals surface area (Å²) in [5.41, 5.74) is 11.8. The quantitative estimate of drug-likeness (QED) is 0.240. The molecule has 4 aromatic carbocycles. The van der Waals surface area contributed by atoms with Crippen molar-refractivity contribution in [3.63, 3.8) is 0 Å².